The minimum Gasteiger partial charge on any atom is -0.327 e. The van der Waals surface area contributed by atoms with Gasteiger partial charge in [0.15, 0.2) is 5.16 Å². The van der Waals surface area contributed by atoms with Crippen LogP contribution in [-0.2, 0) is 13.5 Å². The molecule has 0 aliphatic rings. The van der Waals surface area contributed by atoms with Crippen LogP contribution in [0.15, 0.2) is 23.4 Å². The van der Waals surface area contributed by atoms with E-state index in [0.717, 1.165) is 29.3 Å². The van der Waals surface area contributed by atoms with Gasteiger partial charge in [-0.3, -0.25) is 0 Å². The molecule has 1 aromatic carbocycles. The van der Waals surface area contributed by atoms with Crippen molar-refractivity contribution in [3.8, 4) is 0 Å². The van der Waals surface area contributed by atoms with Crippen LogP contribution in [0.3, 0.4) is 0 Å². The molecule has 4 heteroatoms. The molecule has 0 aliphatic heterocycles. The minimum absolute atomic E-state index is 0.251. The highest BCUT2D eigenvalue weighted by atomic mass is 32.2. The summed E-state index contributed by atoms with van der Waals surface area (Å²) in [5.41, 5.74) is 9.57. The fraction of sp³-hybridized carbons (Fsp3) is 0.500. The van der Waals surface area contributed by atoms with Crippen molar-refractivity contribution in [1.29, 1.82) is 0 Å². The van der Waals surface area contributed by atoms with Crippen molar-refractivity contribution >= 4 is 22.8 Å². The van der Waals surface area contributed by atoms with Crippen molar-refractivity contribution in [2.45, 2.75) is 37.9 Å². The summed E-state index contributed by atoms with van der Waals surface area (Å²) in [5.74, 6) is 0.925. The van der Waals surface area contributed by atoms with Gasteiger partial charge in [0.2, 0.25) is 0 Å². The second-order valence-corrected chi connectivity index (χ2v) is 5.60. The smallest absolute Gasteiger partial charge is 0.168 e. The molecular weight excluding hydrogens is 242 g/mol. The molecule has 0 amide bonds. The SMILES string of the molecule is CCc1ccc2c(c1)nc(SCC(N)CC)n2C. The number of hydrogen-bond donors (Lipinski definition) is 1. The van der Waals surface area contributed by atoms with E-state index < -0.39 is 0 Å². The Bertz CT molecular complexity index is 533. The Kier molecular flexibility index (Phi) is 4.30. The largest absolute Gasteiger partial charge is 0.327 e. The second kappa shape index (κ2) is 5.76. The van der Waals surface area contributed by atoms with Crippen LogP contribution in [0.2, 0.25) is 0 Å². The summed E-state index contributed by atoms with van der Waals surface area (Å²) >= 11 is 1.75. The molecule has 98 valence electrons. The molecule has 0 bridgehead atoms. The molecule has 1 heterocycles. The topological polar surface area (TPSA) is 43.8 Å². The van der Waals surface area contributed by atoms with E-state index in [0.29, 0.717) is 0 Å². The van der Waals surface area contributed by atoms with Gasteiger partial charge in [-0.15, -0.1) is 0 Å². The van der Waals surface area contributed by atoms with E-state index in [4.69, 9.17) is 10.7 Å². The van der Waals surface area contributed by atoms with Crippen LogP contribution < -0.4 is 5.73 Å². The van der Waals surface area contributed by atoms with Crippen LogP contribution >= 0.6 is 11.8 Å². The Morgan fingerprint density at radius 2 is 2.17 bits per heavy atom. The average Bonchev–Trinajstić information content (AvgIpc) is 2.72. The normalized spacial score (nSPS) is 13.1. The van der Waals surface area contributed by atoms with Gasteiger partial charge in [-0.2, -0.15) is 0 Å². The summed E-state index contributed by atoms with van der Waals surface area (Å²) in [6, 6.07) is 6.77. The molecule has 0 saturated heterocycles. The number of nitrogens with zero attached hydrogens (tertiary/aromatic N) is 2. The number of aryl methyl sites for hydroxylation is 2. The van der Waals surface area contributed by atoms with E-state index >= 15 is 0 Å². The predicted octanol–water partition coefficient (Wildman–Crippen LogP) is 2.97. The minimum atomic E-state index is 0.251. The molecule has 2 N–H and O–H groups in total. The fourth-order valence-corrected chi connectivity index (χ4v) is 2.93. The molecule has 0 spiro atoms. The summed E-state index contributed by atoms with van der Waals surface area (Å²) < 4.78 is 2.15. The molecule has 0 fully saturated rings. The number of aromatic nitrogens is 2. The maximum Gasteiger partial charge on any atom is 0.168 e. The van der Waals surface area contributed by atoms with Gasteiger partial charge in [0.1, 0.15) is 0 Å². The first kappa shape index (κ1) is 13.4. The molecule has 0 saturated carbocycles. The number of benzene rings is 1. The van der Waals surface area contributed by atoms with Gasteiger partial charge >= 0.3 is 0 Å². The third-order valence-corrected chi connectivity index (χ3v) is 4.48. The zero-order valence-electron chi connectivity index (χ0n) is 11.3. The zero-order chi connectivity index (χ0) is 13.1. The number of fused-ring (bicyclic) bond motifs is 1. The average molecular weight is 263 g/mol. The van der Waals surface area contributed by atoms with Crippen LogP contribution in [0.25, 0.3) is 11.0 Å². The number of nitrogens with two attached hydrogens (primary N) is 1. The lowest BCUT2D eigenvalue weighted by Gasteiger charge is -2.07. The monoisotopic (exact) mass is 263 g/mol. The van der Waals surface area contributed by atoms with E-state index in [9.17, 15) is 0 Å². The molecule has 0 radical (unpaired) electrons. The first-order valence-corrected chi connectivity index (χ1v) is 7.48. The standard InChI is InChI=1S/C14H21N3S/c1-4-10-6-7-13-12(8-10)16-14(17(13)3)18-9-11(15)5-2/h6-8,11H,4-5,9,15H2,1-3H3. The van der Waals surface area contributed by atoms with Crippen molar-refractivity contribution in [2.24, 2.45) is 12.8 Å². The summed E-state index contributed by atoms with van der Waals surface area (Å²) in [4.78, 5) is 4.70. The van der Waals surface area contributed by atoms with Gasteiger partial charge in [0.25, 0.3) is 0 Å². The van der Waals surface area contributed by atoms with Crippen molar-refractivity contribution < 1.29 is 0 Å². The fourth-order valence-electron chi connectivity index (χ4n) is 1.87. The lowest BCUT2D eigenvalue weighted by molar-refractivity contribution is 0.720. The van der Waals surface area contributed by atoms with E-state index in [-0.39, 0.29) is 6.04 Å². The quantitative estimate of drug-likeness (QED) is 0.843. The Morgan fingerprint density at radius 1 is 1.39 bits per heavy atom. The van der Waals surface area contributed by atoms with Gasteiger partial charge < -0.3 is 10.3 Å². The Balaban J connectivity index is 2.26. The van der Waals surface area contributed by atoms with Crippen LogP contribution in [0, 0.1) is 0 Å². The van der Waals surface area contributed by atoms with Crippen molar-refractivity contribution in [3.63, 3.8) is 0 Å². The number of hydrogen-bond acceptors (Lipinski definition) is 3. The molecule has 2 aromatic rings. The van der Waals surface area contributed by atoms with E-state index in [2.05, 4.69) is 43.7 Å². The van der Waals surface area contributed by atoms with Gasteiger partial charge in [-0.05, 0) is 30.5 Å². The highest BCUT2D eigenvalue weighted by Crippen LogP contribution is 2.24. The Labute approximate surface area is 113 Å². The lowest BCUT2D eigenvalue weighted by atomic mass is 10.1. The van der Waals surface area contributed by atoms with E-state index in [1.165, 1.54) is 11.1 Å². The highest BCUT2D eigenvalue weighted by Gasteiger charge is 2.10. The van der Waals surface area contributed by atoms with Gasteiger partial charge in [-0.1, -0.05) is 31.7 Å². The number of imidazole rings is 1. The highest BCUT2D eigenvalue weighted by molar-refractivity contribution is 7.99. The molecular formula is C14H21N3S. The number of rotatable bonds is 5. The van der Waals surface area contributed by atoms with Gasteiger partial charge in [0, 0.05) is 18.8 Å². The maximum atomic E-state index is 5.95. The van der Waals surface area contributed by atoms with Crippen LogP contribution in [-0.4, -0.2) is 21.3 Å². The molecule has 0 aliphatic carbocycles. The van der Waals surface area contributed by atoms with Crippen LogP contribution in [0.1, 0.15) is 25.8 Å². The summed E-state index contributed by atoms with van der Waals surface area (Å²) in [6.07, 6.45) is 2.06. The molecule has 1 aromatic heterocycles. The predicted molar refractivity (Wildman–Crippen MR) is 79.1 cm³/mol. The van der Waals surface area contributed by atoms with Crippen LogP contribution in [0.5, 0.6) is 0 Å². The molecule has 18 heavy (non-hydrogen) atoms. The maximum absolute atomic E-state index is 5.95. The van der Waals surface area contributed by atoms with E-state index in [1.54, 1.807) is 11.8 Å². The summed E-state index contributed by atoms with van der Waals surface area (Å²) in [7, 11) is 2.07. The van der Waals surface area contributed by atoms with Crippen molar-refractivity contribution in [3.05, 3.63) is 23.8 Å². The molecule has 3 nitrogen and oxygen atoms in total. The summed E-state index contributed by atoms with van der Waals surface area (Å²) in [6.45, 7) is 4.29. The second-order valence-electron chi connectivity index (χ2n) is 4.61. The third-order valence-electron chi connectivity index (χ3n) is 3.26. The molecule has 1 unspecified atom stereocenters. The van der Waals surface area contributed by atoms with Crippen molar-refractivity contribution in [1.82, 2.24) is 9.55 Å². The summed E-state index contributed by atoms with van der Waals surface area (Å²) in [5, 5.41) is 1.06. The van der Waals surface area contributed by atoms with Gasteiger partial charge in [-0.25, -0.2) is 4.98 Å². The molecule has 1 atom stereocenters. The Morgan fingerprint density at radius 3 is 2.83 bits per heavy atom. The Hall–Kier alpha value is -1.00. The lowest BCUT2D eigenvalue weighted by Crippen LogP contribution is -2.21. The zero-order valence-corrected chi connectivity index (χ0v) is 12.1. The third kappa shape index (κ3) is 2.70. The first-order valence-electron chi connectivity index (χ1n) is 6.49. The van der Waals surface area contributed by atoms with Gasteiger partial charge in [0.05, 0.1) is 11.0 Å². The van der Waals surface area contributed by atoms with E-state index in [1.807, 2.05) is 0 Å². The van der Waals surface area contributed by atoms with Crippen LogP contribution in [0.4, 0.5) is 0 Å². The number of thioether (sulfide) groups is 1. The molecule has 2 rings (SSSR count). The van der Waals surface area contributed by atoms with Crippen molar-refractivity contribution in [2.75, 3.05) is 5.75 Å². The first-order chi connectivity index (χ1) is 8.65.